The molecule has 0 saturated carbocycles. The average molecular weight is 376 g/mol. The quantitative estimate of drug-likeness (QED) is 0.701. The van der Waals surface area contributed by atoms with E-state index in [0.717, 1.165) is 11.3 Å². The summed E-state index contributed by atoms with van der Waals surface area (Å²) in [5.41, 5.74) is 1.67. The summed E-state index contributed by atoms with van der Waals surface area (Å²) in [6.07, 6.45) is 7.09. The van der Waals surface area contributed by atoms with Gasteiger partial charge in [-0.05, 0) is 24.3 Å². The second-order valence-corrected chi connectivity index (χ2v) is 6.65. The van der Waals surface area contributed by atoms with Crippen LogP contribution in [-0.4, -0.2) is 43.0 Å². The summed E-state index contributed by atoms with van der Waals surface area (Å²) in [4.78, 5) is 35.2. The number of pyridine rings is 2. The van der Waals surface area contributed by atoms with Crippen molar-refractivity contribution in [3.05, 3.63) is 72.4 Å². The average Bonchev–Trinajstić information content (AvgIpc) is 3.38. The van der Waals surface area contributed by atoms with Crippen LogP contribution in [0.15, 0.2) is 61.2 Å². The first-order valence-corrected chi connectivity index (χ1v) is 9.10. The highest BCUT2D eigenvalue weighted by Gasteiger charge is 2.34. The van der Waals surface area contributed by atoms with Crippen LogP contribution in [-0.2, 0) is 22.7 Å². The third-order valence-corrected chi connectivity index (χ3v) is 4.71. The molecule has 0 aliphatic carbocycles. The van der Waals surface area contributed by atoms with Crippen LogP contribution in [0.2, 0.25) is 0 Å². The summed E-state index contributed by atoms with van der Waals surface area (Å²) in [6, 6.07) is 11.1. The topological polar surface area (TPSA) is 93.0 Å². The summed E-state index contributed by atoms with van der Waals surface area (Å²) in [5.74, 6) is 0.157. The Kier molecular flexibility index (Phi) is 5.09. The lowest BCUT2D eigenvalue weighted by Gasteiger charge is -2.16. The maximum atomic E-state index is 12.6. The van der Waals surface area contributed by atoms with Crippen molar-refractivity contribution in [1.82, 2.24) is 30.0 Å². The minimum atomic E-state index is -0.360. The number of aromatic nitrogens is 4. The Bertz CT molecular complexity index is 958. The molecule has 1 aliphatic heterocycles. The Balaban J connectivity index is 1.37. The number of nitrogens with one attached hydrogen (secondary N) is 1. The Morgan fingerprint density at radius 1 is 1.11 bits per heavy atom. The Hall–Kier alpha value is -3.55. The van der Waals surface area contributed by atoms with Crippen LogP contribution in [0, 0.1) is 5.92 Å². The molecular formula is C20H20N6O2. The molecule has 142 valence electrons. The third kappa shape index (κ3) is 3.90. The minimum absolute atomic E-state index is 0.0237. The normalized spacial score (nSPS) is 16.4. The number of hydrogen-bond acceptors (Lipinski definition) is 5. The molecule has 1 atom stereocenters. The van der Waals surface area contributed by atoms with Gasteiger partial charge < -0.3 is 10.2 Å². The zero-order valence-electron chi connectivity index (χ0n) is 15.2. The fourth-order valence-electron chi connectivity index (χ4n) is 3.28. The smallest absolute Gasteiger partial charge is 0.225 e. The molecule has 0 spiro atoms. The van der Waals surface area contributed by atoms with Gasteiger partial charge in [-0.15, -0.1) is 0 Å². The van der Waals surface area contributed by atoms with Gasteiger partial charge in [0.25, 0.3) is 0 Å². The van der Waals surface area contributed by atoms with E-state index in [1.807, 2.05) is 36.4 Å². The zero-order valence-corrected chi connectivity index (χ0v) is 15.2. The minimum Gasteiger partial charge on any atom is -0.352 e. The number of carbonyl (C=O) groups excluding carboxylic acids is 2. The number of amides is 2. The van der Waals surface area contributed by atoms with Gasteiger partial charge in [0.15, 0.2) is 5.82 Å². The molecule has 0 bridgehead atoms. The van der Waals surface area contributed by atoms with Crippen LogP contribution < -0.4 is 5.32 Å². The van der Waals surface area contributed by atoms with Crippen molar-refractivity contribution in [2.75, 3.05) is 6.54 Å². The van der Waals surface area contributed by atoms with Gasteiger partial charge in [0.1, 0.15) is 0 Å². The molecule has 0 unspecified atom stereocenters. The van der Waals surface area contributed by atoms with Crippen LogP contribution in [0.1, 0.15) is 17.7 Å². The second kappa shape index (κ2) is 7.99. The first kappa shape index (κ1) is 17.8. The summed E-state index contributed by atoms with van der Waals surface area (Å²) in [7, 11) is 0. The van der Waals surface area contributed by atoms with Crippen molar-refractivity contribution < 1.29 is 9.59 Å². The highest BCUT2D eigenvalue weighted by Crippen LogP contribution is 2.20. The fourth-order valence-corrected chi connectivity index (χ4v) is 3.28. The van der Waals surface area contributed by atoms with Crippen LogP contribution >= 0.6 is 0 Å². The molecule has 4 heterocycles. The first-order chi connectivity index (χ1) is 13.7. The van der Waals surface area contributed by atoms with Crippen molar-refractivity contribution in [3.63, 3.8) is 0 Å². The van der Waals surface area contributed by atoms with Crippen LogP contribution in [0.4, 0.5) is 0 Å². The molecule has 1 N–H and O–H groups in total. The van der Waals surface area contributed by atoms with E-state index in [-0.39, 0.29) is 24.2 Å². The van der Waals surface area contributed by atoms with Crippen molar-refractivity contribution in [2.24, 2.45) is 5.92 Å². The van der Waals surface area contributed by atoms with Gasteiger partial charge in [0.05, 0.1) is 18.2 Å². The predicted octanol–water partition coefficient (Wildman–Crippen LogP) is 1.33. The molecule has 3 aromatic heterocycles. The number of likely N-dealkylation sites (tertiary alicyclic amines) is 1. The van der Waals surface area contributed by atoms with E-state index in [2.05, 4.69) is 20.4 Å². The van der Waals surface area contributed by atoms with Gasteiger partial charge in [-0.25, -0.2) is 9.67 Å². The Morgan fingerprint density at radius 3 is 2.79 bits per heavy atom. The summed E-state index contributed by atoms with van der Waals surface area (Å²) in [5, 5.41) is 7.13. The molecule has 0 aromatic carbocycles. The molecule has 28 heavy (non-hydrogen) atoms. The van der Waals surface area contributed by atoms with E-state index in [0.29, 0.717) is 25.5 Å². The molecule has 8 heteroatoms. The fraction of sp³-hybridized carbons (Fsp3) is 0.250. The van der Waals surface area contributed by atoms with E-state index >= 15 is 0 Å². The first-order valence-electron chi connectivity index (χ1n) is 9.10. The highest BCUT2D eigenvalue weighted by atomic mass is 16.2. The zero-order chi connectivity index (χ0) is 19.3. The molecule has 3 aromatic rings. The molecule has 8 nitrogen and oxygen atoms in total. The van der Waals surface area contributed by atoms with Gasteiger partial charge in [-0.1, -0.05) is 12.1 Å². The van der Waals surface area contributed by atoms with E-state index < -0.39 is 0 Å². The second-order valence-electron chi connectivity index (χ2n) is 6.65. The van der Waals surface area contributed by atoms with Gasteiger partial charge >= 0.3 is 0 Å². The maximum Gasteiger partial charge on any atom is 0.225 e. The highest BCUT2D eigenvalue weighted by molar-refractivity contribution is 5.89. The summed E-state index contributed by atoms with van der Waals surface area (Å²) >= 11 is 0. The van der Waals surface area contributed by atoms with E-state index in [1.165, 1.54) is 0 Å². The molecule has 4 rings (SSSR count). The molecule has 1 aliphatic rings. The van der Waals surface area contributed by atoms with Gasteiger partial charge in [-0.2, -0.15) is 5.10 Å². The van der Waals surface area contributed by atoms with Crippen LogP contribution in [0.3, 0.4) is 0 Å². The maximum absolute atomic E-state index is 12.6. The lowest BCUT2D eigenvalue weighted by Crippen LogP contribution is -2.33. The SMILES string of the molecule is O=C(NCc1cccnc1-n1cccn1)[C@@H]1CC(=O)N(Cc2ccccn2)C1. The lowest BCUT2D eigenvalue weighted by atomic mass is 10.1. The van der Waals surface area contributed by atoms with E-state index in [1.54, 1.807) is 34.4 Å². The number of nitrogens with zero attached hydrogens (tertiary/aromatic N) is 5. The van der Waals surface area contributed by atoms with Crippen LogP contribution in [0.5, 0.6) is 0 Å². The summed E-state index contributed by atoms with van der Waals surface area (Å²) < 4.78 is 1.66. The molecular weight excluding hydrogens is 356 g/mol. The van der Waals surface area contributed by atoms with E-state index in [4.69, 9.17) is 0 Å². The van der Waals surface area contributed by atoms with Crippen molar-refractivity contribution in [2.45, 2.75) is 19.5 Å². The van der Waals surface area contributed by atoms with Crippen molar-refractivity contribution >= 4 is 11.8 Å². The Morgan fingerprint density at radius 2 is 2.00 bits per heavy atom. The molecule has 2 amide bonds. The van der Waals surface area contributed by atoms with Crippen molar-refractivity contribution in [3.8, 4) is 5.82 Å². The van der Waals surface area contributed by atoms with E-state index in [9.17, 15) is 9.59 Å². The third-order valence-electron chi connectivity index (χ3n) is 4.71. The standard InChI is InChI=1S/C20H20N6O2/c27-18-11-16(13-25(18)14-17-6-1-2-7-21-17)20(28)23-12-15-5-3-8-22-19(15)26-10-4-9-24-26/h1-10,16H,11-14H2,(H,23,28)/t16-/m1/s1. The molecule has 1 saturated heterocycles. The Labute approximate surface area is 162 Å². The largest absolute Gasteiger partial charge is 0.352 e. The van der Waals surface area contributed by atoms with Crippen LogP contribution in [0.25, 0.3) is 5.82 Å². The molecule has 1 fully saturated rings. The van der Waals surface area contributed by atoms with Gasteiger partial charge in [0, 0.05) is 49.9 Å². The van der Waals surface area contributed by atoms with Gasteiger partial charge in [-0.3, -0.25) is 14.6 Å². The number of rotatable bonds is 6. The number of carbonyl (C=O) groups is 2. The molecule has 0 radical (unpaired) electrons. The predicted molar refractivity (Wildman–Crippen MR) is 101 cm³/mol. The van der Waals surface area contributed by atoms with Crippen molar-refractivity contribution in [1.29, 1.82) is 0 Å². The lowest BCUT2D eigenvalue weighted by molar-refractivity contribution is -0.129. The van der Waals surface area contributed by atoms with Gasteiger partial charge in [0.2, 0.25) is 11.8 Å². The monoisotopic (exact) mass is 376 g/mol. The number of hydrogen-bond donors (Lipinski definition) is 1. The summed E-state index contributed by atoms with van der Waals surface area (Å²) in [6.45, 7) is 1.16.